The Labute approximate surface area is 117 Å². The summed E-state index contributed by atoms with van der Waals surface area (Å²) in [5.74, 6) is 0.619. The molecule has 2 aromatic rings. The molecule has 0 aromatic heterocycles. The first-order chi connectivity index (χ1) is 9.66. The van der Waals surface area contributed by atoms with Gasteiger partial charge < -0.3 is 15.7 Å². The first-order valence-corrected chi connectivity index (χ1v) is 6.89. The summed E-state index contributed by atoms with van der Waals surface area (Å²) in [6.07, 6.45) is 0. The molecule has 1 aliphatic heterocycles. The van der Waals surface area contributed by atoms with Gasteiger partial charge in [0.05, 0.1) is 5.92 Å². The summed E-state index contributed by atoms with van der Waals surface area (Å²) >= 11 is 0. The number of nitrogens with one attached hydrogen (secondary N) is 2. The molecule has 2 aromatic carbocycles. The quantitative estimate of drug-likeness (QED) is 0.785. The van der Waals surface area contributed by atoms with Crippen molar-refractivity contribution in [3.8, 4) is 5.75 Å². The second-order valence-corrected chi connectivity index (χ2v) is 5.41. The number of anilines is 1. The standard InChI is InChI=1S/C16H18N2O2/c1-10-8-17-9-13(10)16(20)18-14-6-2-5-12-11(14)4-3-7-15(12)19/h2-7,10,13,17,19H,8-9H2,1H3,(H,18,20)/t10-,13-/m1/s1. The molecule has 2 atom stereocenters. The Bertz CT molecular complexity index is 654. The SMILES string of the molecule is C[C@@H]1CNC[C@H]1C(=O)Nc1cccc2c(O)cccc12. The zero-order valence-corrected chi connectivity index (χ0v) is 11.4. The summed E-state index contributed by atoms with van der Waals surface area (Å²) in [6.45, 7) is 3.69. The Kier molecular flexibility index (Phi) is 3.32. The maximum Gasteiger partial charge on any atom is 0.229 e. The van der Waals surface area contributed by atoms with Crippen LogP contribution in [-0.2, 0) is 4.79 Å². The summed E-state index contributed by atoms with van der Waals surface area (Å²) in [5, 5.41) is 17.7. The molecule has 1 heterocycles. The summed E-state index contributed by atoms with van der Waals surface area (Å²) in [7, 11) is 0. The van der Waals surface area contributed by atoms with Crippen molar-refractivity contribution in [3.05, 3.63) is 36.4 Å². The summed E-state index contributed by atoms with van der Waals surface area (Å²) in [4.78, 5) is 12.3. The molecule has 0 bridgehead atoms. The average Bonchev–Trinajstić information content (AvgIpc) is 2.86. The lowest BCUT2D eigenvalue weighted by Crippen LogP contribution is -2.27. The molecule has 1 amide bonds. The van der Waals surface area contributed by atoms with Crippen LogP contribution >= 0.6 is 0 Å². The van der Waals surface area contributed by atoms with E-state index in [0.717, 1.165) is 29.5 Å². The highest BCUT2D eigenvalue weighted by Gasteiger charge is 2.29. The highest BCUT2D eigenvalue weighted by molar-refractivity contribution is 6.04. The minimum atomic E-state index is 0.00238. The van der Waals surface area contributed by atoms with Crippen LogP contribution in [0.2, 0.25) is 0 Å². The highest BCUT2D eigenvalue weighted by Crippen LogP contribution is 2.30. The van der Waals surface area contributed by atoms with Gasteiger partial charge in [0, 0.05) is 23.0 Å². The lowest BCUT2D eigenvalue weighted by molar-refractivity contribution is -0.120. The highest BCUT2D eigenvalue weighted by atomic mass is 16.3. The molecule has 0 aliphatic carbocycles. The van der Waals surface area contributed by atoms with Gasteiger partial charge in [-0.05, 0) is 24.6 Å². The van der Waals surface area contributed by atoms with Crippen LogP contribution in [0, 0.1) is 11.8 Å². The third-order valence-corrected chi connectivity index (χ3v) is 4.01. The normalized spacial score (nSPS) is 22.1. The minimum absolute atomic E-state index is 0.00238. The van der Waals surface area contributed by atoms with Gasteiger partial charge in [-0.2, -0.15) is 0 Å². The van der Waals surface area contributed by atoms with Gasteiger partial charge in [-0.1, -0.05) is 31.2 Å². The molecule has 0 unspecified atom stereocenters. The topological polar surface area (TPSA) is 61.4 Å². The van der Waals surface area contributed by atoms with Gasteiger partial charge in [0.15, 0.2) is 0 Å². The first kappa shape index (κ1) is 12.9. The smallest absolute Gasteiger partial charge is 0.229 e. The number of benzene rings is 2. The molecular formula is C16H18N2O2. The molecule has 0 radical (unpaired) electrons. The largest absolute Gasteiger partial charge is 0.507 e. The fourth-order valence-electron chi connectivity index (χ4n) is 2.79. The van der Waals surface area contributed by atoms with Crippen LogP contribution < -0.4 is 10.6 Å². The fourth-order valence-corrected chi connectivity index (χ4v) is 2.79. The van der Waals surface area contributed by atoms with E-state index in [0.29, 0.717) is 5.92 Å². The third-order valence-electron chi connectivity index (χ3n) is 4.01. The van der Waals surface area contributed by atoms with E-state index in [-0.39, 0.29) is 17.6 Å². The number of carbonyl (C=O) groups is 1. The van der Waals surface area contributed by atoms with Crippen LogP contribution in [0.1, 0.15) is 6.92 Å². The molecule has 20 heavy (non-hydrogen) atoms. The van der Waals surface area contributed by atoms with E-state index < -0.39 is 0 Å². The summed E-state index contributed by atoms with van der Waals surface area (Å²) < 4.78 is 0. The Hall–Kier alpha value is -2.07. The van der Waals surface area contributed by atoms with E-state index in [1.807, 2.05) is 24.3 Å². The van der Waals surface area contributed by atoms with Gasteiger partial charge in [-0.25, -0.2) is 0 Å². The molecule has 3 rings (SSSR count). The van der Waals surface area contributed by atoms with E-state index in [2.05, 4.69) is 17.6 Å². The molecule has 3 N–H and O–H groups in total. The van der Waals surface area contributed by atoms with Gasteiger partial charge >= 0.3 is 0 Å². The molecule has 1 aliphatic rings. The van der Waals surface area contributed by atoms with Crippen molar-refractivity contribution in [2.45, 2.75) is 6.92 Å². The summed E-state index contributed by atoms with van der Waals surface area (Å²) in [6, 6.07) is 10.9. The first-order valence-electron chi connectivity index (χ1n) is 6.89. The minimum Gasteiger partial charge on any atom is -0.507 e. The molecule has 0 saturated carbocycles. The fraction of sp³-hybridized carbons (Fsp3) is 0.312. The number of phenolic OH excluding ortho intramolecular Hbond substituents is 1. The summed E-state index contributed by atoms with van der Waals surface area (Å²) in [5.41, 5.74) is 0.752. The predicted octanol–water partition coefficient (Wildman–Crippen LogP) is 2.34. The van der Waals surface area contributed by atoms with Crippen molar-refractivity contribution < 1.29 is 9.90 Å². The number of amides is 1. The second kappa shape index (κ2) is 5.13. The number of rotatable bonds is 2. The van der Waals surface area contributed by atoms with Crippen LogP contribution in [0.5, 0.6) is 5.75 Å². The van der Waals surface area contributed by atoms with Crippen LogP contribution in [0.3, 0.4) is 0 Å². The van der Waals surface area contributed by atoms with Crippen molar-refractivity contribution in [3.63, 3.8) is 0 Å². The van der Waals surface area contributed by atoms with E-state index in [9.17, 15) is 9.90 Å². The van der Waals surface area contributed by atoms with Gasteiger partial charge in [-0.3, -0.25) is 4.79 Å². The van der Waals surface area contributed by atoms with E-state index >= 15 is 0 Å². The maximum absolute atomic E-state index is 12.3. The molecule has 1 fully saturated rings. The second-order valence-electron chi connectivity index (χ2n) is 5.41. The number of carbonyl (C=O) groups excluding carboxylic acids is 1. The maximum atomic E-state index is 12.3. The molecule has 4 heteroatoms. The van der Waals surface area contributed by atoms with Crippen LogP contribution in [0.4, 0.5) is 5.69 Å². The zero-order valence-electron chi connectivity index (χ0n) is 11.4. The molecular weight excluding hydrogens is 252 g/mol. The lowest BCUT2D eigenvalue weighted by Gasteiger charge is -2.15. The molecule has 4 nitrogen and oxygen atoms in total. The predicted molar refractivity (Wildman–Crippen MR) is 79.8 cm³/mol. The van der Waals surface area contributed by atoms with E-state index in [1.54, 1.807) is 12.1 Å². The van der Waals surface area contributed by atoms with Crippen molar-refractivity contribution in [2.24, 2.45) is 11.8 Å². The third kappa shape index (κ3) is 2.23. The van der Waals surface area contributed by atoms with Crippen LogP contribution in [0.15, 0.2) is 36.4 Å². The molecule has 0 spiro atoms. The average molecular weight is 270 g/mol. The van der Waals surface area contributed by atoms with E-state index in [4.69, 9.17) is 0 Å². The Balaban J connectivity index is 1.91. The Morgan fingerprint density at radius 2 is 1.95 bits per heavy atom. The van der Waals surface area contributed by atoms with Crippen LogP contribution in [-0.4, -0.2) is 24.1 Å². The lowest BCUT2D eigenvalue weighted by atomic mass is 9.97. The van der Waals surface area contributed by atoms with Crippen LogP contribution in [0.25, 0.3) is 10.8 Å². The van der Waals surface area contributed by atoms with Gasteiger partial charge in [-0.15, -0.1) is 0 Å². The van der Waals surface area contributed by atoms with Crippen molar-refractivity contribution in [2.75, 3.05) is 18.4 Å². The van der Waals surface area contributed by atoms with Gasteiger partial charge in [0.2, 0.25) is 5.91 Å². The van der Waals surface area contributed by atoms with Gasteiger partial charge in [0.25, 0.3) is 0 Å². The van der Waals surface area contributed by atoms with Gasteiger partial charge in [0.1, 0.15) is 5.75 Å². The number of aromatic hydroxyl groups is 1. The number of hydrogen-bond donors (Lipinski definition) is 3. The molecule has 1 saturated heterocycles. The number of hydrogen-bond acceptors (Lipinski definition) is 3. The van der Waals surface area contributed by atoms with Crippen molar-refractivity contribution >= 4 is 22.4 Å². The monoisotopic (exact) mass is 270 g/mol. The van der Waals surface area contributed by atoms with E-state index in [1.165, 1.54) is 0 Å². The Morgan fingerprint density at radius 3 is 2.70 bits per heavy atom. The zero-order chi connectivity index (χ0) is 14.1. The number of phenols is 1. The van der Waals surface area contributed by atoms with Crippen molar-refractivity contribution in [1.29, 1.82) is 0 Å². The van der Waals surface area contributed by atoms with Crippen molar-refractivity contribution in [1.82, 2.24) is 5.32 Å². The Morgan fingerprint density at radius 1 is 1.20 bits per heavy atom. The number of fused-ring (bicyclic) bond motifs is 1. The molecule has 104 valence electrons.